The molecule has 3 rings (SSSR count). The first-order valence-corrected chi connectivity index (χ1v) is 8.45. The quantitative estimate of drug-likeness (QED) is 0.904. The van der Waals surface area contributed by atoms with Crippen LogP contribution in [0.3, 0.4) is 0 Å². The Balaban J connectivity index is 1.78. The lowest BCUT2D eigenvalue weighted by Crippen LogP contribution is -2.47. The second kappa shape index (κ2) is 7.38. The van der Waals surface area contributed by atoms with Crippen molar-refractivity contribution in [3.63, 3.8) is 0 Å². The lowest BCUT2D eigenvalue weighted by Gasteiger charge is -2.32. The van der Waals surface area contributed by atoms with E-state index in [9.17, 15) is 4.79 Å². The molecule has 7 heteroatoms. The predicted octanol–water partition coefficient (Wildman–Crippen LogP) is 3.52. The van der Waals surface area contributed by atoms with Gasteiger partial charge in [-0.05, 0) is 31.3 Å². The summed E-state index contributed by atoms with van der Waals surface area (Å²) < 4.78 is 0. The highest BCUT2D eigenvalue weighted by Crippen LogP contribution is 2.32. The fourth-order valence-electron chi connectivity index (χ4n) is 2.56. The predicted molar refractivity (Wildman–Crippen MR) is 97.4 cm³/mol. The second-order valence-corrected chi connectivity index (χ2v) is 6.56. The Morgan fingerprint density at radius 2 is 1.79 bits per heavy atom. The number of nitrogens with one attached hydrogen (secondary N) is 1. The molecule has 1 aromatic carbocycles. The monoisotopic (exact) mass is 364 g/mol. The van der Waals surface area contributed by atoms with Crippen molar-refractivity contribution >= 4 is 40.5 Å². The van der Waals surface area contributed by atoms with Crippen LogP contribution in [0.1, 0.15) is 10.5 Å². The van der Waals surface area contributed by atoms with Crippen molar-refractivity contribution in [1.29, 1.82) is 0 Å². The Morgan fingerprint density at radius 3 is 2.46 bits per heavy atom. The maximum atomic E-state index is 12.6. The maximum absolute atomic E-state index is 12.6. The summed E-state index contributed by atoms with van der Waals surface area (Å²) in [4.78, 5) is 20.9. The molecule has 0 radical (unpaired) electrons. The van der Waals surface area contributed by atoms with E-state index in [-0.39, 0.29) is 5.91 Å². The zero-order valence-corrected chi connectivity index (χ0v) is 14.8. The van der Waals surface area contributed by atoms with Gasteiger partial charge < -0.3 is 15.1 Å². The van der Waals surface area contributed by atoms with E-state index in [1.807, 2.05) is 4.90 Å². The van der Waals surface area contributed by atoms with E-state index in [4.69, 9.17) is 23.2 Å². The normalized spacial score (nSPS) is 15.4. The summed E-state index contributed by atoms with van der Waals surface area (Å²) in [6.07, 6.45) is 1.61. The molecule has 0 aliphatic carbocycles. The third kappa shape index (κ3) is 3.80. The lowest BCUT2D eigenvalue weighted by molar-refractivity contribution is 0.0658. The van der Waals surface area contributed by atoms with E-state index >= 15 is 0 Å². The highest BCUT2D eigenvalue weighted by Gasteiger charge is 2.21. The number of pyridine rings is 1. The zero-order chi connectivity index (χ0) is 17.1. The summed E-state index contributed by atoms with van der Waals surface area (Å²) in [6, 6.07) is 8.80. The van der Waals surface area contributed by atoms with Crippen LogP contribution in [0.5, 0.6) is 0 Å². The number of benzene rings is 1. The molecule has 0 unspecified atom stereocenters. The van der Waals surface area contributed by atoms with Crippen LogP contribution >= 0.6 is 23.2 Å². The number of hydrogen-bond acceptors (Lipinski definition) is 4. The molecule has 1 fully saturated rings. The Kier molecular flexibility index (Phi) is 5.23. The maximum Gasteiger partial charge on any atom is 0.272 e. The minimum atomic E-state index is -0.0583. The first kappa shape index (κ1) is 17.0. The summed E-state index contributed by atoms with van der Waals surface area (Å²) in [5.74, 6) is -0.0583. The number of likely N-dealkylation sites (N-methyl/N-ethyl adjacent to an activating group) is 1. The molecule has 0 spiro atoms. The number of para-hydroxylation sites is 1. The van der Waals surface area contributed by atoms with Crippen molar-refractivity contribution in [3.05, 3.63) is 52.3 Å². The van der Waals surface area contributed by atoms with Crippen LogP contribution in [0.2, 0.25) is 10.0 Å². The van der Waals surface area contributed by atoms with Crippen molar-refractivity contribution < 1.29 is 4.79 Å². The van der Waals surface area contributed by atoms with Crippen LogP contribution in [-0.2, 0) is 0 Å². The Hall–Kier alpha value is -1.82. The van der Waals surface area contributed by atoms with Crippen LogP contribution in [0.4, 0.5) is 11.4 Å². The standard InChI is InChI=1S/C17H18Cl2N4O/c1-22-7-9-23(10-8-22)17(24)15-11-12(5-6-20-15)21-16-13(18)3-2-4-14(16)19/h2-6,11H,7-10H2,1H3,(H,20,21). The van der Waals surface area contributed by atoms with Crippen LogP contribution in [0, 0.1) is 0 Å². The molecule has 126 valence electrons. The van der Waals surface area contributed by atoms with Gasteiger partial charge in [0.1, 0.15) is 5.69 Å². The molecule has 0 saturated carbocycles. The van der Waals surface area contributed by atoms with E-state index in [1.54, 1.807) is 36.5 Å². The van der Waals surface area contributed by atoms with Gasteiger partial charge in [0.2, 0.25) is 0 Å². The number of anilines is 2. The third-order valence-electron chi connectivity index (χ3n) is 4.00. The van der Waals surface area contributed by atoms with Gasteiger partial charge in [-0.3, -0.25) is 9.78 Å². The number of nitrogens with zero attached hydrogens (tertiary/aromatic N) is 3. The summed E-state index contributed by atoms with van der Waals surface area (Å²) in [7, 11) is 2.05. The largest absolute Gasteiger partial charge is 0.353 e. The van der Waals surface area contributed by atoms with Gasteiger partial charge in [-0.15, -0.1) is 0 Å². The fourth-order valence-corrected chi connectivity index (χ4v) is 3.05. The summed E-state index contributed by atoms with van der Waals surface area (Å²) in [5.41, 5.74) is 1.75. The first-order valence-electron chi connectivity index (χ1n) is 7.69. The Morgan fingerprint density at radius 1 is 1.12 bits per heavy atom. The molecule has 0 bridgehead atoms. The van der Waals surface area contributed by atoms with E-state index in [0.717, 1.165) is 18.8 Å². The Labute approximate surface area is 151 Å². The first-order chi connectivity index (χ1) is 11.5. The van der Waals surface area contributed by atoms with E-state index < -0.39 is 0 Å². The zero-order valence-electron chi connectivity index (χ0n) is 13.3. The average Bonchev–Trinajstić information content (AvgIpc) is 2.59. The van der Waals surface area contributed by atoms with Crippen molar-refractivity contribution in [2.24, 2.45) is 0 Å². The van der Waals surface area contributed by atoms with Gasteiger partial charge in [-0.2, -0.15) is 0 Å². The summed E-state index contributed by atoms with van der Waals surface area (Å²) >= 11 is 12.3. The van der Waals surface area contributed by atoms with Crippen molar-refractivity contribution in [2.45, 2.75) is 0 Å². The molecule has 1 saturated heterocycles. The molecule has 0 atom stereocenters. The van der Waals surface area contributed by atoms with Gasteiger partial charge in [0, 0.05) is 38.1 Å². The van der Waals surface area contributed by atoms with E-state index in [1.165, 1.54) is 0 Å². The molecular weight excluding hydrogens is 347 g/mol. The number of rotatable bonds is 3. The van der Waals surface area contributed by atoms with E-state index in [0.29, 0.717) is 34.5 Å². The van der Waals surface area contributed by atoms with E-state index in [2.05, 4.69) is 22.2 Å². The number of carbonyl (C=O) groups is 1. The van der Waals surface area contributed by atoms with Crippen molar-refractivity contribution in [2.75, 3.05) is 38.5 Å². The molecule has 2 heterocycles. The van der Waals surface area contributed by atoms with Crippen LogP contribution in [0.15, 0.2) is 36.5 Å². The van der Waals surface area contributed by atoms with Gasteiger partial charge in [-0.25, -0.2) is 0 Å². The van der Waals surface area contributed by atoms with Crippen molar-refractivity contribution in [1.82, 2.24) is 14.8 Å². The fraction of sp³-hybridized carbons (Fsp3) is 0.294. The van der Waals surface area contributed by atoms with Crippen LogP contribution < -0.4 is 5.32 Å². The third-order valence-corrected chi connectivity index (χ3v) is 4.63. The highest BCUT2D eigenvalue weighted by molar-refractivity contribution is 6.39. The number of hydrogen-bond donors (Lipinski definition) is 1. The number of carbonyl (C=O) groups excluding carboxylic acids is 1. The highest BCUT2D eigenvalue weighted by atomic mass is 35.5. The van der Waals surface area contributed by atoms with Gasteiger partial charge in [0.05, 0.1) is 15.7 Å². The number of amides is 1. The minimum Gasteiger partial charge on any atom is -0.353 e. The molecule has 1 N–H and O–H groups in total. The Bertz CT molecular complexity index is 725. The van der Waals surface area contributed by atoms with Crippen molar-refractivity contribution in [3.8, 4) is 0 Å². The van der Waals surface area contributed by atoms with Crippen LogP contribution in [0.25, 0.3) is 0 Å². The molecule has 1 aliphatic heterocycles. The number of aromatic nitrogens is 1. The number of piperazine rings is 1. The van der Waals surface area contributed by atoms with Gasteiger partial charge in [-0.1, -0.05) is 29.3 Å². The summed E-state index contributed by atoms with van der Waals surface area (Å²) in [5, 5.41) is 4.20. The average molecular weight is 365 g/mol. The molecule has 2 aromatic rings. The summed E-state index contributed by atoms with van der Waals surface area (Å²) in [6.45, 7) is 3.17. The molecule has 1 aromatic heterocycles. The molecule has 1 aliphatic rings. The second-order valence-electron chi connectivity index (χ2n) is 5.75. The van der Waals surface area contributed by atoms with Gasteiger partial charge >= 0.3 is 0 Å². The van der Waals surface area contributed by atoms with Gasteiger partial charge in [0.15, 0.2) is 0 Å². The minimum absolute atomic E-state index is 0.0583. The smallest absolute Gasteiger partial charge is 0.272 e. The van der Waals surface area contributed by atoms with Crippen LogP contribution in [-0.4, -0.2) is 53.9 Å². The lowest BCUT2D eigenvalue weighted by atomic mass is 10.2. The molecule has 1 amide bonds. The molecule has 5 nitrogen and oxygen atoms in total. The topological polar surface area (TPSA) is 48.5 Å². The molecular formula is C17H18Cl2N4O. The number of halogens is 2. The van der Waals surface area contributed by atoms with Gasteiger partial charge in [0.25, 0.3) is 5.91 Å². The molecule has 24 heavy (non-hydrogen) atoms. The SMILES string of the molecule is CN1CCN(C(=O)c2cc(Nc3c(Cl)cccc3Cl)ccn2)CC1.